The molecular formula is C10H17N3O2. The van der Waals surface area contributed by atoms with Gasteiger partial charge >= 0.3 is 6.03 Å². The van der Waals surface area contributed by atoms with E-state index in [4.69, 9.17) is 0 Å². The highest BCUT2D eigenvalue weighted by Gasteiger charge is 2.45. The Kier molecular flexibility index (Phi) is 2.42. The lowest BCUT2D eigenvalue weighted by Crippen LogP contribution is -2.54. The van der Waals surface area contributed by atoms with E-state index < -0.39 is 0 Å². The van der Waals surface area contributed by atoms with Crippen molar-refractivity contribution in [3.8, 4) is 0 Å². The maximum atomic E-state index is 11.8. The Bertz CT molecular complexity index is 303. The fraction of sp³-hybridized carbons (Fsp3) is 0.800. The molecule has 1 unspecified atom stereocenters. The standard InChI is InChI=1S/C10H17N3O2/c1-7(2)12-4-5-13-8(6-12)9(14)11(3)10(13)15/h7-8H,4-6H2,1-3H3. The third kappa shape index (κ3) is 1.51. The van der Waals surface area contributed by atoms with E-state index in [0.29, 0.717) is 19.1 Å². The second-order valence-electron chi connectivity index (χ2n) is 4.48. The van der Waals surface area contributed by atoms with Crippen molar-refractivity contribution in [2.75, 3.05) is 26.7 Å². The summed E-state index contributed by atoms with van der Waals surface area (Å²) in [6, 6.07) is 0.0352. The molecule has 2 saturated heterocycles. The molecule has 1 atom stereocenters. The van der Waals surface area contributed by atoms with Gasteiger partial charge in [0.05, 0.1) is 0 Å². The molecule has 2 fully saturated rings. The van der Waals surface area contributed by atoms with Gasteiger partial charge < -0.3 is 4.90 Å². The Morgan fingerprint density at radius 3 is 2.53 bits per heavy atom. The summed E-state index contributed by atoms with van der Waals surface area (Å²) < 4.78 is 0. The Hall–Kier alpha value is -1.10. The van der Waals surface area contributed by atoms with Crippen molar-refractivity contribution in [3.05, 3.63) is 0 Å². The van der Waals surface area contributed by atoms with Crippen LogP contribution in [0.25, 0.3) is 0 Å². The van der Waals surface area contributed by atoms with Crippen molar-refractivity contribution in [1.29, 1.82) is 0 Å². The predicted molar refractivity (Wildman–Crippen MR) is 55.4 cm³/mol. The summed E-state index contributed by atoms with van der Waals surface area (Å²) >= 11 is 0. The van der Waals surface area contributed by atoms with E-state index in [2.05, 4.69) is 18.7 Å². The van der Waals surface area contributed by atoms with Crippen LogP contribution in [0.4, 0.5) is 4.79 Å². The molecule has 0 aromatic carbocycles. The third-order valence-corrected chi connectivity index (χ3v) is 3.29. The topological polar surface area (TPSA) is 43.9 Å². The summed E-state index contributed by atoms with van der Waals surface area (Å²) in [4.78, 5) is 28.5. The Morgan fingerprint density at radius 2 is 1.93 bits per heavy atom. The van der Waals surface area contributed by atoms with E-state index in [9.17, 15) is 9.59 Å². The minimum atomic E-state index is -0.251. The minimum absolute atomic E-state index is 0.0645. The molecule has 2 heterocycles. The number of hydrogen-bond donors (Lipinski definition) is 0. The zero-order valence-electron chi connectivity index (χ0n) is 9.43. The first kappa shape index (κ1) is 10.4. The Balaban J connectivity index is 2.14. The summed E-state index contributed by atoms with van der Waals surface area (Å²) in [6.45, 7) is 6.42. The summed E-state index contributed by atoms with van der Waals surface area (Å²) in [6.07, 6.45) is 0. The molecule has 5 heteroatoms. The van der Waals surface area contributed by atoms with Gasteiger partial charge in [0.2, 0.25) is 0 Å². The number of nitrogens with zero attached hydrogens (tertiary/aromatic N) is 3. The average molecular weight is 211 g/mol. The van der Waals surface area contributed by atoms with Crippen LogP contribution < -0.4 is 0 Å². The lowest BCUT2D eigenvalue weighted by molar-refractivity contribution is -0.128. The van der Waals surface area contributed by atoms with Gasteiger partial charge in [-0.2, -0.15) is 0 Å². The number of carbonyl (C=O) groups is 2. The van der Waals surface area contributed by atoms with Crippen molar-refractivity contribution in [2.24, 2.45) is 0 Å². The van der Waals surface area contributed by atoms with E-state index in [0.717, 1.165) is 6.54 Å². The SMILES string of the molecule is CC(C)N1CCN2C(=O)N(C)C(=O)C2C1. The Morgan fingerprint density at radius 1 is 1.27 bits per heavy atom. The molecule has 0 aromatic rings. The number of amides is 3. The molecule has 0 aromatic heterocycles. The summed E-state index contributed by atoms with van der Waals surface area (Å²) in [7, 11) is 1.56. The van der Waals surface area contributed by atoms with Crippen LogP contribution in [0.2, 0.25) is 0 Å². The van der Waals surface area contributed by atoms with Crippen LogP contribution in [0.1, 0.15) is 13.8 Å². The number of urea groups is 1. The maximum absolute atomic E-state index is 11.8. The average Bonchev–Trinajstić information content (AvgIpc) is 2.44. The van der Waals surface area contributed by atoms with Crippen molar-refractivity contribution in [3.63, 3.8) is 0 Å². The molecule has 2 aliphatic heterocycles. The number of carbonyl (C=O) groups excluding carboxylic acids is 2. The van der Waals surface area contributed by atoms with Gasteiger partial charge in [-0.3, -0.25) is 14.6 Å². The zero-order valence-corrected chi connectivity index (χ0v) is 9.43. The highest BCUT2D eigenvalue weighted by molar-refractivity contribution is 6.04. The molecule has 0 saturated carbocycles. The van der Waals surface area contributed by atoms with Crippen molar-refractivity contribution >= 4 is 11.9 Å². The number of fused-ring (bicyclic) bond motifs is 1. The normalized spacial score (nSPS) is 27.9. The van der Waals surface area contributed by atoms with Gasteiger partial charge in [-0.25, -0.2) is 4.79 Å². The van der Waals surface area contributed by atoms with Gasteiger partial charge in [-0.15, -0.1) is 0 Å². The zero-order chi connectivity index (χ0) is 11.2. The van der Waals surface area contributed by atoms with Crippen LogP contribution >= 0.6 is 0 Å². The molecule has 0 bridgehead atoms. The fourth-order valence-electron chi connectivity index (χ4n) is 2.22. The van der Waals surface area contributed by atoms with E-state index in [-0.39, 0.29) is 18.0 Å². The van der Waals surface area contributed by atoms with Crippen molar-refractivity contribution in [2.45, 2.75) is 25.9 Å². The minimum Gasteiger partial charge on any atom is -0.310 e. The van der Waals surface area contributed by atoms with Gasteiger partial charge in [0, 0.05) is 32.7 Å². The lowest BCUT2D eigenvalue weighted by Gasteiger charge is -2.37. The number of likely N-dealkylation sites (N-methyl/N-ethyl adjacent to an activating group) is 1. The van der Waals surface area contributed by atoms with Crippen molar-refractivity contribution in [1.82, 2.24) is 14.7 Å². The van der Waals surface area contributed by atoms with Gasteiger partial charge in [-0.05, 0) is 13.8 Å². The van der Waals surface area contributed by atoms with Gasteiger partial charge in [0.1, 0.15) is 6.04 Å². The van der Waals surface area contributed by atoms with Crippen LogP contribution in [0, 0.1) is 0 Å². The van der Waals surface area contributed by atoms with E-state index in [1.165, 1.54) is 4.90 Å². The highest BCUT2D eigenvalue weighted by atomic mass is 16.2. The largest absolute Gasteiger partial charge is 0.327 e. The van der Waals surface area contributed by atoms with E-state index >= 15 is 0 Å². The van der Waals surface area contributed by atoms with Gasteiger partial charge in [0.25, 0.3) is 5.91 Å². The number of rotatable bonds is 1. The molecule has 84 valence electrons. The Labute approximate surface area is 89.6 Å². The molecule has 5 nitrogen and oxygen atoms in total. The molecule has 2 aliphatic rings. The second kappa shape index (κ2) is 3.48. The molecule has 0 spiro atoms. The van der Waals surface area contributed by atoms with Crippen LogP contribution in [-0.4, -0.2) is 65.4 Å². The summed E-state index contributed by atoms with van der Waals surface area (Å²) in [5.41, 5.74) is 0. The third-order valence-electron chi connectivity index (χ3n) is 3.29. The van der Waals surface area contributed by atoms with Crippen LogP contribution in [0.3, 0.4) is 0 Å². The van der Waals surface area contributed by atoms with Crippen LogP contribution in [0.15, 0.2) is 0 Å². The maximum Gasteiger partial charge on any atom is 0.327 e. The molecule has 3 amide bonds. The fourth-order valence-corrected chi connectivity index (χ4v) is 2.22. The van der Waals surface area contributed by atoms with Gasteiger partial charge in [-0.1, -0.05) is 0 Å². The first-order valence-electron chi connectivity index (χ1n) is 5.34. The van der Waals surface area contributed by atoms with Crippen LogP contribution in [-0.2, 0) is 4.79 Å². The molecule has 15 heavy (non-hydrogen) atoms. The number of piperazine rings is 1. The first-order valence-corrected chi connectivity index (χ1v) is 5.34. The first-order chi connectivity index (χ1) is 7.02. The smallest absolute Gasteiger partial charge is 0.310 e. The summed E-state index contributed by atoms with van der Waals surface area (Å²) in [5, 5.41) is 0. The van der Waals surface area contributed by atoms with Crippen LogP contribution in [0.5, 0.6) is 0 Å². The molecular weight excluding hydrogens is 194 g/mol. The molecule has 2 rings (SSSR count). The monoisotopic (exact) mass is 211 g/mol. The highest BCUT2D eigenvalue weighted by Crippen LogP contribution is 2.21. The molecule has 0 N–H and O–H groups in total. The number of imide groups is 1. The predicted octanol–water partition coefficient (Wildman–Crippen LogP) is -0.0270. The second-order valence-corrected chi connectivity index (χ2v) is 4.48. The molecule has 0 aliphatic carbocycles. The van der Waals surface area contributed by atoms with E-state index in [1.54, 1.807) is 11.9 Å². The molecule has 0 radical (unpaired) electrons. The lowest BCUT2D eigenvalue weighted by atomic mass is 10.1. The quantitative estimate of drug-likeness (QED) is 0.572. The van der Waals surface area contributed by atoms with Gasteiger partial charge in [0.15, 0.2) is 0 Å². The summed E-state index contributed by atoms with van der Waals surface area (Å²) in [5.74, 6) is -0.0645. The van der Waals surface area contributed by atoms with E-state index in [1.807, 2.05) is 0 Å². The number of hydrogen-bond acceptors (Lipinski definition) is 3. The van der Waals surface area contributed by atoms with Crippen molar-refractivity contribution < 1.29 is 9.59 Å².